The van der Waals surface area contributed by atoms with Crippen LogP contribution in [0.15, 0.2) is 84.1 Å². The van der Waals surface area contributed by atoms with Gasteiger partial charge in [-0.15, -0.1) is 0 Å². The summed E-state index contributed by atoms with van der Waals surface area (Å²) in [6.45, 7) is 3.84. The van der Waals surface area contributed by atoms with Gasteiger partial charge >= 0.3 is 5.97 Å². The van der Waals surface area contributed by atoms with Gasteiger partial charge in [0.05, 0.1) is 12.7 Å². The average molecular weight is 466 g/mol. The molecule has 0 saturated carbocycles. The van der Waals surface area contributed by atoms with Crippen LogP contribution in [-0.2, 0) is 20.7 Å². The first-order valence-electron chi connectivity index (χ1n) is 11.3. The third-order valence-corrected chi connectivity index (χ3v) is 6.73. The standard InChI is InChI=1S/C29H23NO5/c1-17-8-12-19(13-9-17)16-29(28(34)35-3)23-24(26(32)22-7-5-4-6-21(22)25(23)31)30(27(29)33)20-14-10-18(2)11-15-20/h4-15H,16H2,1-3H3. The fourth-order valence-corrected chi connectivity index (χ4v) is 4.92. The number of methoxy groups -OCH3 is 1. The highest BCUT2D eigenvalue weighted by Gasteiger charge is 2.64. The fraction of sp³-hybridized carbons (Fsp3) is 0.172. The molecule has 6 heteroatoms. The van der Waals surface area contributed by atoms with E-state index in [4.69, 9.17) is 4.74 Å². The number of esters is 1. The van der Waals surface area contributed by atoms with Crippen LogP contribution in [0.5, 0.6) is 0 Å². The van der Waals surface area contributed by atoms with Crippen LogP contribution in [-0.4, -0.2) is 30.6 Å². The Bertz CT molecular complexity index is 1430. The molecular formula is C29H23NO5. The first-order valence-corrected chi connectivity index (χ1v) is 11.3. The molecule has 0 aromatic heterocycles. The van der Waals surface area contributed by atoms with Crippen LogP contribution in [0.25, 0.3) is 0 Å². The molecule has 0 radical (unpaired) electrons. The first kappa shape index (κ1) is 22.5. The van der Waals surface area contributed by atoms with Gasteiger partial charge in [0, 0.05) is 23.2 Å². The molecule has 0 bridgehead atoms. The molecule has 3 aromatic rings. The normalized spacial score (nSPS) is 19.1. The summed E-state index contributed by atoms with van der Waals surface area (Å²) in [7, 11) is 1.18. The number of fused-ring (bicyclic) bond motifs is 1. The maximum atomic E-state index is 14.3. The van der Waals surface area contributed by atoms with E-state index in [0.29, 0.717) is 11.3 Å². The number of benzene rings is 3. The number of rotatable bonds is 4. The summed E-state index contributed by atoms with van der Waals surface area (Å²) in [6, 6.07) is 20.8. The van der Waals surface area contributed by atoms with Crippen molar-refractivity contribution in [2.75, 3.05) is 12.0 Å². The Kier molecular flexibility index (Phi) is 5.24. The Hall–Kier alpha value is -4.32. The van der Waals surface area contributed by atoms with E-state index in [1.54, 1.807) is 36.4 Å². The van der Waals surface area contributed by atoms with Gasteiger partial charge in [-0.3, -0.25) is 24.1 Å². The van der Waals surface area contributed by atoms with Gasteiger partial charge in [-0.05, 0) is 31.5 Å². The molecule has 1 atom stereocenters. The summed E-state index contributed by atoms with van der Waals surface area (Å²) in [5, 5.41) is 0. The average Bonchev–Trinajstić information content (AvgIpc) is 3.13. The highest BCUT2D eigenvalue weighted by atomic mass is 16.5. The zero-order valence-corrected chi connectivity index (χ0v) is 19.6. The number of ether oxygens (including phenoxy) is 1. The van der Waals surface area contributed by atoms with Crippen molar-refractivity contribution in [1.29, 1.82) is 0 Å². The van der Waals surface area contributed by atoms with Crippen LogP contribution < -0.4 is 4.90 Å². The van der Waals surface area contributed by atoms with Gasteiger partial charge in [0.15, 0.2) is 11.2 Å². The number of allylic oxidation sites excluding steroid dienone is 1. The molecule has 1 heterocycles. The number of carbonyl (C=O) groups excluding carboxylic acids is 4. The lowest BCUT2D eigenvalue weighted by molar-refractivity contribution is -0.154. The summed E-state index contributed by atoms with van der Waals surface area (Å²) in [4.78, 5) is 56.7. The van der Waals surface area contributed by atoms with E-state index in [9.17, 15) is 19.2 Å². The summed E-state index contributed by atoms with van der Waals surface area (Å²) in [5.41, 5.74) is 1.23. The largest absolute Gasteiger partial charge is 0.468 e. The molecule has 1 aliphatic carbocycles. The van der Waals surface area contributed by atoms with E-state index in [-0.39, 0.29) is 28.8 Å². The van der Waals surface area contributed by atoms with Gasteiger partial charge in [0.2, 0.25) is 5.78 Å². The molecule has 3 aromatic carbocycles. The Morgan fingerprint density at radius 3 is 1.91 bits per heavy atom. The maximum Gasteiger partial charge on any atom is 0.326 e. The first-order chi connectivity index (χ1) is 16.8. The lowest BCUT2D eigenvalue weighted by Crippen LogP contribution is -2.47. The van der Waals surface area contributed by atoms with Crippen molar-refractivity contribution in [2.24, 2.45) is 5.41 Å². The summed E-state index contributed by atoms with van der Waals surface area (Å²) in [6.07, 6.45) is -0.110. The van der Waals surface area contributed by atoms with E-state index in [1.165, 1.54) is 12.0 Å². The van der Waals surface area contributed by atoms with Crippen LogP contribution in [0, 0.1) is 19.3 Å². The molecule has 0 spiro atoms. The fourth-order valence-electron chi connectivity index (χ4n) is 4.92. The summed E-state index contributed by atoms with van der Waals surface area (Å²) in [5.74, 6) is -2.53. The lowest BCUT2D eigenvalue weighted by atomic mass is 9.70. The molecule has 1 unspecified atom stereocenters. The minimum absolute atomic E-state index is 0.0833. The minimum atomic E-state index is -2.00. The summed E-state index contributed by atoms with van der Waals surface area (Å²) < 4.78 is 5.14. The molecule has 1 amide bonds. The predicted octanol–water partition coefficient (Wildman–Crippen LogP) is 4.39. The van der Waals surface area contributed by atoms with Gasteiger partial charge in [-0.1, -0.05) is 71.8 Å². The van der Waals surface area contributed by atoms with Crippen LogP contribution in [0.2, 0.25) is 0 Å². The Labute approximate surface area is 202 Å². The third kappa shape index (κ3) is 3.25. The number of ketones is 2. The molecule has 0 N–H and O–H groups in total. The van der Waals surface area contributed by atoms with Crippen LogP contribution in [0.3, 0.4) is 0 Å². The number of hydrogen-bond donors (Lipinski definition) is 0. The topological polar surface area (TPSA) is 80.8 Å². The molecule has 35 heavy (non-hydrogen) atoms. The van der Waals surface area contributed by atoms with Gasteiger partial charge in [0.25, 0.3) is 5.91 Å². The number of aryl methyl sites for hydroxylation is 2. The van der Waals surface area contributed by atoms with Gasteiger partial charge in [-0.2, -0.15) is 0 Å². The minimum Gasteiger partial charge on any atom is -0.468 e. The van der Waals surface area contributed by atoms with E-state index in [1.807, 2.05) is 50.2 Å². The lowest BCUT2D eigenvalue weighted by Gasteiger charge is -2.28. The molecule has 174 valence electrons. The Balaban J connectivity index is 1.81. The number of nitrogens with zero attached hydrogens (tertiary/aromatic N) is 1. The second kappa shape index (κ2) is 8.17. The molecule has 0 fully saturated rings. The maximum absolute atomic E-state index is 14.3. The zero-order valence-electron chi connectivity index (χ0n) is 19.6. The molecule has 6 nitrogen and oxygen atoms in total. The zero-order chi connectivity index (χ0) is 24.9. The van der Waals surface area contributed by atoms with E-state index in [2.05, 4.69) is 0 Å². The van der Waals surface area contributed by atoms with E-state index >= 15 is 0 Å². The quantitative estimate of drug-likeness (QED) is 0.422. The molecule has 0 saturated heterocycles. The monoisotopic (exact) mass is 465 g/mol. The van der Waals surface area contributed by atoms with Crippen LogP contribution in [0.1, 0.15) is 37.4 Å². The molecule has 1 aliphatic heterocycles. The smallest absolute Gasteiger partial charge is 0.326 e. The summed E-state index contributed by atoms with van der Waals surface area (Å²) >= 11 is 0. The van der Waals surface area contributed by atoms with E-state index in [0.717, 1.165) is 11.1 Å². The van der Waals surface area contributed by atoms with Crippen molar-refractivity contribution in [1.82, 2.24) is 0 Å². The van der Waals surface area contributed by atoms with Crippen molar-refractivity contribution < 1.29 is 23.9 Å². The van der Waals surface area contributed by atoms with Crippen molar-refractivity contribution in [3.63, 3.8) is 0 Å². The number of anilines is 1. The predicted molar refractivity (Wildman–Crippen MR) is 130 cm³/mol. The number of carbonyl (C=O) groups is 4. The van der Waals surface area contributed by atoms with Crippen molar-refractivity contribution in [3.8, 4) is 0 Å². The number of hydrogen-bond acceptors (Lipinski definition) is 5. The number of Topliss-reactive ketones (excluding diaryl/α,β-unsaturated/α-hetero) is 2. The SMILES string of the molecule is COC(=O)C1(Cc2ccc(C)cc2)C(=O)N(c2ccc(C)cc2)C2=C1C(=O)c1ccccc1C2=O. The van der Waals surface area contributed by atoms with Crippen molar-refractivity contribution >= 4 is 29.1 Å². The Morgan fingerprint density at radius 1 is 0.800 bits per heavy atom. The number of amides is 1. The highest BCUT2D eigenvalue weighted by molar-refractivity contribution is 6.38. The third-order valence-electron chi connectivity index (χ3n) is 6.73. The van der Waals surface area contributed by atoms with Gasteiger partial charge in [0.1, 0.15) is 5.70 Å². The molecule has 2 aliphatic rings. The van der Waals surface area contributed by atoms with Gasteiger partial charge in [-0.25, -0.2) is 0 Å². The van der Waals surface area contributed by atoms with Gasteiger partial charge < -0.3 is 4.74 Å². The molecule has 5 rings (SSSR count). The highest BCUT2D eigenvalue weighted by Crippen LogP contribution is 2.50. The second-order valence-corrected chi connectivity index (χ2v) is 8.96. The van der Waals surface area contributed by atoms with E-state index < -0.39 is 28.9 Å². The van der Waals surface area contributed by atoms with Crippen molar-refractivity contribution in [3.05, 3.63) is 112 Å². The van der Waals surface area contributed by atoms with Crippen LogP contribution in [0.4, 0.5) is 5.69 Å². The molecular weight excluding hydrogens is 442 g/mol. The van der Waals surface area contributed by atoms with Crippen molar-refractivity contribution in [2.45, 2.75) is 20.3 Å². The Morgan fingerprint density at radius 2 is 1.34 bits per heavy atom. The second-order valence-electron chi connectivity index (χ2n) is 8.96. The van der Waals surface area contributed by atoms with Crippen LogP contribution >= 0.6 is 0 Å².